The van der Waals surface area contributed by atoms with Crippen LogP contribution in [0.15, 0.2) is 54.6 Å². The molecule has 1 N–H and O–H groups in total. The number of thiophene rings is 1. The molecule has 0 bridgehead atoms. The first kappa shape index (κ1) is 23.5. The van der Waals surface area contributed by atoms with Crippen molar-refractivity contribution in [3.8, 4) is 0 Å². The van der Waals surface area contributed by atoms with Crippen LogP contribution in [-0.4, -0.2) is 28.3 Å². The number of aromatic nitrogens is 2. The van der Waals surface area contributed by atoms with E-state index in [2.05, 4.69) is 10.4 Å². The number of alkyl halides is 3. The van der Waals surface area contributed by atoms with Gasteiger partial charge in [0.2, 0.25) is 0 Å². The number of anilines is 1. The molecule has 6 nitrogen and oxygen atoms in total. The second-order valence-corrected chi connectivity index (χ2v) is 8.76. The van der Waals surface area contributed by atoms with Gasteiger partial charge in [-0.1, -0.05) is 42.0 Å². The molecule has 34 heavy (non-hydrogen) atoms. The van der Waals surface area contributed by atoms with Crippen molar-refractivity contribution in [2.24, 2.45) is 0 Å². The van der Waals surface area contributed by atoms with Crippen LogP contribution in [0.5, 0.6) is 0 Å². The molecule has 10 heteroatoms. The molecule has 4 aromatic rings. The van der Waals surface area contributed by atoms with Gasteiger partial charge in [0.25, 0.3) is 5.91 Å². The van der Waals surface area contributed by atoms with Gasteiger partial charge in [0, 0.05) is 5.39 Å². The lowest BCUT2D eigenvalue weighted by molar-refractivity contribution is -0.137. The molecular weight excluding hydrogens is 467 g/mol. The standard InChI is InChI=1S/C24H20F3N3O3S/c1-14-7-9-16(10-8-14)12-30-22-17(15(2)29-30)11-20(34-22)23(32)33-13-21(31)28-19-6-4-3-5-18(19)24(25,26)27/h3-11H,12-13H2,1-2H3,(H,28,31). The quantitative estimate of drug-likeness (QED) is 0.361. The Labute approximate surface area is 197 Å². The number of rotatable bonds is 6. The molecule has 0 aliphatic rings. The number of aryl methyl sites for hydroxylation is 2. The van der Waals surface area contributed by atoms with Crippen molar-refractivity contribution in [1.82, 2.24) is 9.78 Å². The normalized spacial score (nSPS) is 11.6. The van der Waals surface area contributed by atoms with E-state index in [1.807, 2.05) is 38.1 Å². The zero-order valence-corrected chi connectivity index (χ0v) is 19.1. The zero-order chi connectivity index (χ0) is 24.5. The number of nitrogens with one attached hydrogen (secondary N) is 1. The molecule has 2 heterocycles. The highest BCUT2D eigenvalue weighted by Gasteiger charge is 2.33. The van der Waals surface area contributed by atoms with Gasteiger partial charge in [-0.3, -0.25) is 9.48 Å². The lowest BCUT2D eigenvalue weighted by Crippen LogP contribution is -2.22. The summed E-state index contributed by atoms with van der Waals surface area (Å²) in [6, 6.07) is 14.3. The third-order valence-electron chi connectivity index (χ3n) is 5.10. The summed E-state index contributed by atoms with van der Waals surface area (Å²) in [7, 11) is 0. The molecular formula is C24H20F3N3O3S. The average Bonchev–Trinajstić information content (AvgIpc) is 3.34. The van der Waals surface area contributed by atoms with E-state index < -0.39 is 35.9 Å². The molecule has 2 aromatic heterocycles. The Morgan fingerprint density at radius 3 is 2.50 bits per heavy atom. The van der Waals surface area contributed by atoms with Crippen molar-refractivity contribution in [3.63, 3.8) is 0 Å². The number of hydrogen-bond acceptors (Lipinski definition) is 5. The molecule has 0 saturated heterocycles. The van der Waals surface area contributed by atoms with Gasteiger partial charge in [0.05, 0.1) is 23.5 Å². The lowest BCUT2D eigenvalue weighted by atomic mass is 10.1. The highest BCUT2D eigenvalue weighted by molar-refractivity contribution is 7.20. The highest BCUT2D eigenvalue weighted by Crippen LogP contribution is 2.34. The van der Waals surface area contributed by atoms with Crippen LogP contribution in [0.4, 0.5) is 18.9 Å². The first-order valence-corrected chi connectivity index (χ1v) is 11.1. The number of nitrogens with zero attached hydrogens (tertiary/aromatic N) is 2. The fraction of sp³-hybridized carbons (Fsp3) is 0.208. The van der Waals surface area contributed by atoms with Gasteiger partial charge >= 0.3 is 12.1 Å². The summed E-state index contributed by atoms with van der Waals surface area (Å²) in [5, 5.41) is 7.48. The molecule has 0 atom stereocenters. The predicted octanol–water partition coefficient (Wildman–Crippen LogP) is 5.58. The van der Waals surface area contributed by atoms with Gasteiger partial charge in [0.1, 0.15) is 9.71 Å². The first-order valence-electron chi connectivity index (χ1n) is 10.3. The fourth-order valence-corrected chi connectivity index (χ4v) is 4.47. The third kappa shape index (κ3) is 5.12. The van der Waals surface area contributed by atoms with Crippen LogP contribution in [0.2, 0.25) is 0 Å². The minimum absolute atomic E-state index is 0.275. The molecule has 0 spiro atoms. The van der Waals surface area contributed by atoms with Gasteiger partial charge < -0.3 is 10.1 Å². The Morgan fingerprint density at radius 1 is 1.09 bits per heavy atom. The van der Waals surface area contributed by atoms with Crippen LogP contribution in [0.25, 0.3) is 10.2 Å². The Kier molecular flexibility index (Phi) is 6.43. The number of halogens is 3. The number of esters is 1. The van der Waals surface area contributed by atoms with Crippen LogP contribution < -0.4 is 5.32 Å². The van der Waals surface area contributed by atoms with Crippen molar-refractivity contribution in [3.05, 3.63) is 81.9 Å². The summed E-state index contributed by atoms with van der Waals surface area (Å²) >= 11 is 1.18. The van der Waals surface area contributed by atoms with Crippen LogP contribution >= 0.6 is 11.3 Å². The number of benzene rings is 2. The van der Waals surface area contributed by atoms with E-state index in [0.717, 1.165) is 39.2 Å². The minimum atomic E-state index is -4.62. The van der Waals surface area contributed by atoms with Gasteiger partial charge in [-0.25, -0.2) is 4.79 Å². The van der Waals surface area contributed by atoms with E-state index in [1.165, 1.54) is 23.5 Å². The maximum absolute atomic E-state index is 13.1. The minimum Gasteiger partial charge on any atom is -0.451 e. The summed E-state index contributed by atoms with van der Waals surface area (Å²) in [5.74, 6) is -1.60. The molecule has 176 valence electrons. The third-order valence-corrected chi connectivity index (χ3v) is 6.23. The maximum atomic E-state index is 13.1. The van der Waals surface area contributed by atoms with Gasteiger partial charge in [-0.05, 0) is 37.6 Å². The van der Waals surface area contributed by atoms with Gasteiger partial charge in [0.15, 0.2) is 6.61 Å². The average molecular weight is 488 g/mol. The molecule has 2 aromatic carbocycles. The number of para-hydroxylation sites is 1. The smallest absolute Gasteiger partial charge is 0.418 e. The van der Waals surface area contributed by atoms with Crippen molar-refractivity contribution in [2.75, 3.05) is 11.9 Å². The SMILES string of the molecule is Cc1ccc(Cn2nc(C)c3cc(C(=O)OCC(=O)Nc4ccccc4C(F)(F)F)sc32)cc1. The lowest BCUT2D eigenvalue weighted by Gasteiger charge is -2.13. The first-order chi connectivity index (χ1) is 16.1. The summed E-state index contributed by atoms with van der Waals surface area (Å²) in [5.41, 5.74) is 1.58. The number of carbonyl (C=O) groups excluding carboxylic acids is 2. The summed E-state index contributed by atoms with van der Waals surface area (Å²) in [4.78, 5) is 25.7. The van der Waals surface area contributed by atoms with Crippen LogP contribution in [0.1, 0.15) is 32.1 Å². The summed E-state index contributed by atoms with van der Waals surface area (Å²) in [6.45, 7) is 3.66. The highest BCUT2D eigenvalue weighted by atomic mass is 32.1. The molecule has 0 aliphatic heterocycles. The zero-order valence-electron chi connectivity index (χ0n) is 18.3. The van der Waals surface area contributed by atoms with Crippen molar-refractivity contribution in [2.45, 2.75) is 26.6 Å². The van der Waals surface area contributed by atoms with Gasteiger partial charge in [-0.15, -0.1) is 11.3 Å². The van der Waals surface area contributed by atoms with Crippen molar-refractivity contribution < 1.29 is 27.5 Å². The molecule has 0 fully saturated rings. The molecule has 1 amide bonds. The number of amides is 1. The topological polar surface area (TPSA) is 73.2 Å². The van der Waals surface area contributed by atoms with E-state index in [-0.39, 0.29) is 4.88 Å². The summed E-state index contributed by atoms with van der Waals surface area (Å²) < 4.78 is 46.1. The molecule has 4 rings (SSSR count). The van der Waals surface area contributed by atoms with E-state index in [1.54, 1.807) is 10.7 Å². The Hall–Kier alpha value is -3.66. The Bertz CT molecular complexity index is 1360. The number of hydrogen-bond donors (Lipinski definition) is 1. The van der Waals surface area contributed by atoms with E-state index >= 15 is 0 Å². The molecule has 0 unspecified atom stereocenters. The van der Waals surface area contributed by atoms with Crippen LogP contribution in [0.3, 0.4) is 0 Å². The predicted molar refractivity (Wildman–Crippen MR) is 123 cm³/mol. The van der Waals surface area contributed by atoms with Crippen molar-refractivity contribution >= 4 is 39.1 Å². The van der Waals surface area contributed by atoms with E-state index in [4.69, 9.17) is 4.74 Å². The fourth-order valence-electron chi connectivity index (χ4n) is 3.41. The molecule has 0 aliphatic carbocycles. The monoisotopic (exact) mass is 487 g/mol. The maximum Gasteiger partial charge on any atom is 0.418 e. The number of ether oxygens (including phenoxy) is 1. The Morgan fingerprint density at radius 2 is 1.79 bits per heavy atom. The van der Waals surface area contributed by atoms with Crippen LogP contribution in [0, 0.1) is 13.8 Å². The largest absolute Gasteiger partial charge is 0.451 e. The number of fused-ring (bicyclic) bond motifs is 1. The Balaban J connectivity index is 1.43. The molecule has 0 radical (unpaired) electrons. The second kappa shape index (κ2) is 9.30. The number of carbonyl (C=O) groups is 2. The van der Waals surface area contributed by atoms with E-state index in [9.17, 15) is 22.8 Å². The van der Waals surface area contributed by atoms with E-state index in [0.29, 0.717) is 6.54 Å². The second-order valence-electron chi connectivity index (χ2n) is 7.73. The van der Waals surface area contributed by atoms with Crippen LogP contribution in [-0.2, 0) is 22.3 Å². The summed E-state index contributed by atoms with van der Waals surface area (Å²) in [6.07, 6.45) is -4.62. The van der Waals surface area contributed by atoms with Crippen molar-refractivity contribution in [1.29, 1.82) is 0 Å². The van der Waals surface area contributed by atoms with Gasteiger partial charge in [-0.2, -0.15) is 18.3 Å². The molecule has 0 saturated carbocycles.